The minimum atomic E-state index is -2.17. The molecule has 4 aromatic carbocycles. The Kier molecular flexibility index (Phi) is 23.3. The molecule has 0 bridgehead atoms. The molecule has 0 saturated heterocycles. The number of hydrogen-bond acceptors (Lipinski definition) is 14. The average molecular weight is 774 g/mol. The van der Waals surface area contributed by atoms with Crippen LogP contribution < -0.4 is 11.1 Å². The van der Waals surface area contributed by atoms with E-state index in [1.165, 1.54) is 38.1 Å². The predicted molar refractivity (Wildman–Crippen MR) is 193 cm³/mol. The Bertz CT molecular complexity index is 1880. The number of aromatic carboxylic acids is 4. The molecule has 4 rings (SSSR count). The Morgan fingerprint density at radius 2 is 1.04 bits per heavy atom. The molecule has 15 N–H and O–H groups in total. The van der Waals surface area contributed by atoms with Crippen LogP contribution in [-0.4, -0.2) is 110 Å². The number of amides is 1. The molecule has 0 saturated carbocycles. The van der Waals surface area contributed by atoms with Gasteiger partial charge in [0.1, 0.15) is 40.2 Å². The third-order valence-electron chi connectivity index (χ3n) is 5.64. The van der Waals surface area contributed by atoms with Crippen LogP contribution in [0.1, 0.15) is 60.8 Å². The van der Waals surface area contributed by atoms with Crippen molar-refractivity contribution in [2.24, 2.45) is 5.73 Å². The number of aryl methyl sites for hydroxylation is 1. The second-order valence-electron chi connectivity index (χ2n) is 10.2. The third-order valence-corrected chi connectivity index (χ3v) is 5.64. The number of aromatic hydroxyl groups is 4. The van der Waals surface area contributed by atoms with Crippen molar-refractivity contribution in [1.29, 1.82) is 0 Å². The van der Waals surface area contributed by atoms with Crippen LogP contribution in [0.5, 0.6) is 23.0 Å². The van der Waals surface area contributed by atoms with Gasteiger partial charge in [0.15, 0.2) is 0 Å². The van der Waals surface area contributed by atoms with E-state index in [1.54, 1.807) is 37.3 Å². The number of carbonyl (C=O) groups excluding carboxylic acids is 1. The highest BCUT2D eigenvalue weighted by Gasteiger charge is 2.10. The van der Waals surface area contributed by atoms with Crippen molar-refractivity contribution in [3.8, 4) is 23.0 Å². The van der Waals surface area contributed by atoms with Crippen molar-refractivity contribution >= 4 is 48.8 Å². The van der Waals surface area contributed by atoms with E-state index >= 15 is 0 Å². The van der Waals surface area contributed by atoms with Gasteiger partial charge in [0.25, 0.3) is 0 Å². The van der Waals surface area contributed by atoms with Gasteiger partial charge in [0.2, 0.25) is 5.91 Å². The number of phenolic OH excluding ortho intramolecular Hbond substituents is 2. The summed E-state index contributed by atoms with van der Waals surface area (Å²) in [5.41, 5.74) is 6.29. The number of carboxylic acids is 5. The lowest BCUT2D eigenvalue weighted by atomic mass is 10.1. The molecule has 1 unspecified atom stereocenters. The molecule has 0 spiro atoms. The van der Waals surface area contributed by atoms with E-state index in [0.29, 0.717) is 11.3 Å². The molecule has 20 nitrogen and oxygen atoms in total. The number of rotatable bonds is 6. The molecule has 55 heavy (non-hydrogen) atoms. The molecule has 1 amide bonds. The van der Waals surface area contributed by atoms with Crippen molar-refractivity contribution in [3.63, 3.8) is 0 Å². The Morgan fingerprint density at radius 3 is 1.38 bits per heavy atom. The lowest BCUT2D eigenvalue weighted by Gasteiger charge is -2.01. The summed E-state index contributed by atoms with van der Waals surface area (Å²) in [6.45, 7) is 4.59. The van der Waals surface area contributed by atoms with E-state index < -0.39 is 49.0 Å². The highest BCUT2D eigenvalue weighted by molar-refractivity contribution is 6.30. The molecule has 0 aliphatic heterocycles. The Hall–Kier alpha value is -7.20. The maximum atomic E-state index is 10.6. The zero-order valence-electron chi connectivity index (χ0n) is 29.1. The van der Waals surface area contributed by atoms with Crippen LogP contribution in [0, 0.1) is 6.92 Å². The molecular weight excluding hydrogens is 735 g/mol. The van der Waals surface area contributed by atoms with Crippen LogP contribution in [0.4, 0.5) is 5.69 Å². The van der Waals surface area contributed by atoms with Crippen molar-refractivity contribution in [2.45, 2.75) is 26.8 Å². The Labute approximate surface area is 312 Å². The zero-order chi connectivity index (χ0) is 43.0. The molecule has 0 fully saturated rings. The standard InChI is InChI=1S/C9H9NO3.C8H8O2.2C7H6O4.C3H7NO2.BH3O3/c1-6(11)10-8-4-2-7(3-5-8)9(12)13;1-6-4-2-3-5-7(6)8(9)10;8-4-1-2-6(9)5(3-4)7(10)11;8-4-1-2-5(7(10)11)6(9)3-4;1-2(4)3(5)6;2-1(3)4/h2-5H,1H3,(H,10,11)(H,12,13);2-5H,1H3,(H,9,10);2*1-3,8-9H,(H,10,11);2H,4H2,1H3,(H,5,6);2-4H. The number of nitrogens with one attached hydrogen (secondary N) is 1. The summed E-state index contributed by atoms with van der Waals surface area (Å²) in [4.78, 5) is 61.6. The van der Waals surface area contributed by atoms with Gasteiger partial charge in [-0.25, -0.2) is 19.2 Å². The van der Waals surface area contributed by atoms with E-state index in [4.69, 9.17) is 66.8 Å². The van der Waals surface area contributed by atoms with E-state index in [-0.39, 0.29) is 39.8 Å². The van der Waals surface area contributed by atoms with Crippen molar-refractivity contribution in [1.82, 2.24) is 0 Å². The molecule has 21 heteroatoms. The van der Waals surface area contributed by atoms with Gasteiger partial charge in [0, 0.05) is 18.7 Å². The maximum absolute atomic E-state index is 10.6. The quantitative estimate of drug-likeness (QED) is 0.0983. The van der Waals surface area contributed by atoms with Gasteiger partial charge in [-0.15, -0.1) is 0 Å². The lowest BCUT2D eigenvalue weighted by molar-refractivity contribution is -0.138. The van der Waals surface area contributed by atoms with Gasteiger partial charge in [-0.05, 0) is 80.1 Å². The number of benzene rings is 4. The smallest absolute Gasteiger partial charge is 0.508 e. The fourth-order valence-corrected chi connectivity index (χ4v) is 3.11. The number of hydrogen-bond donors (Lipinski definition) is 14. The average Bonchev–Trinajstić information content (AvgIpc) is 3.06. The summed E-state index contributed by atoms with van der Waals surface area (Å²) in [7, 11) is -2.17. The van der Waals surface area contributed by atoms with Gasteiger partial charge < -0.3 is 72.1 Å². The molecule has 4 aromatic rings. The number of carboxylic acid groups (broad SMARTS) is 5. The van der Waals surface area contributed by atoms with Crippen molar-refractivity contribution < 1.29 is 89.8 Å². The molecule has 1 atom stereocenters. The van der Waals surface area contributed by atoms with Crippen LogP contribution in [0.25, 0.3) is 0 Å². The number of nitrogens with two attached hydrogens (primary N) is 1. The zero-order valence-corrected chi connectivity index (χ0v) is 29.1. The molecule has 0 aliphatic carbocycles. The van der Waals surface area contributed by atoms with Gasteiger partial charge in [-0.3, -0.25) is 9.59 Å². The van der Waals surface area contributed by atoms with E-state index in [0.717, 1.165) is 29.8 Å². The first-order chi connectivity index (χ1) is 25.4. The number of anilines is 1. The fourth-order valence-electron chi connectivity index (χ4n) is 3.11. The van der Waals surface area contributed by atoms with Gasteiger partial charge in [-0.1, -0.05) is 18.2 Å². The first-order valence-corrected chi connectivity index (χ1v) is 14.8. The number of carbonyl (C=O) groups is 6. The second kappa shape index (κ2) is 25.7. The van der Waals surface area contributed by atoms with Crippen LogP contribution in [0.2, 0.25) is 0 Å². The molecule has 0 aromatic heterocycles. The summed E-state index contributed by atoms with van der Waals surface area (Å²) in [6, 6.07) is 18.8. The summed E-state index contributed by atoms with van der Waals surface area (Å²) in [6.07, 6.45) is 0. The minimum absolute atomic E-state index is 0.160. The third kappa shape index (κ3) is 23.1. The van der Waals surface area contributed by atoms with Crippen LogP contribution in [0.15, 0.2) is 84.9 Å². The van der Waals surface area contributed by atoms with E-state index in [2.05, 4.69) is 5.32 Å². The monoisotopic (exact) mass is 774 g/mol. The molecule has 296 valence electrons. The predicted octanol–water partition coefficient (Wildman–Crippen LogP) is 1.99. The molecule has 0 aliphatic rings. The Morgan fingerprint density at radius 1 is 0.600 bits per heavy atom. The first kappa shape index (κ1) is 49.9. The summed E-state index contributed by atoms with van der Waals surface area (Å²) >= 11 is 0. The van der Waals surface area contributed by atoms with E-state index in [1.807, 2.05) is 6.07 Å². The SMILES string of the molecule is CC(=O)Nc1ccc(C(=O)O)cc1.CC(N)C(=O)O.Cc1ccccc1C(=O)O.O=C(O)c1cc(O)ccc1O.O=C(O)c1ccc(O)cc1O.OB(O)O. The summed E-state index contributed by atoms with van der Waals surface area (Å²) in [5.74, 6) is -6.59. The van der Waals surface area contributed by atoms with Gasteiger partial charge in [-0.2, -0.15) is 0 Å². The Balaban J connectivity index is 0. The topological polar surface area (TPSA) is 383 Å². The largest absolute Gasteiger partial charge is 0.631 e. The number of phenols is 4. The molecule has 0 heterocycles. The fraction of sp³-hybridized carbons (Fsp3) is 0.118. The second-order valence-corrected chi connectivity index (χ2v) is 10.2. The van der Waals surface area contributed by atoms with Crippen molar-refractivity contribution in [2.75, 3.05) is 5.32 Å². The maximum Gasteiger partial charge on any atom is 0.631 e. The summed E-state index contributed by atoms with van der Waals surface area (Å²) in [5, 5.41) is 101. The highest BCUT2D eigenvalue weighted by atomic mass is 16.5. The molecular formula is C34H39BN2O18. The lowest BCUT2D eigenvalue weighted by Crippen LogP contribution is -2.25. The van der Waals surface area contributed by atoms with Gasteiger partial charge in [0.05, 0.1) is 11.1 Å². The summed E-state index contributed by atoms with van der Waals surface area (Å²) < 4.78 is 0. The van der Waals surface area contributed by atoms with Crippen LogP contribution in [0.3, 0.4) is 0 Å². The van der Waals surface area contributed by atoms with Crippen LogP contribution >= 0.6 is 0 Å². The minimum Gasteiger partial charge on any atom is -0.508 e. The van der Waals surface area contributed by atoms with Gasteiger partial charge >= 0.3 is 37.2 Å². The highest BCUT2D eigenvalue weighted by Crippen LogP contribution is 2.22. The number of aliphatic carboxylic acids is 1. The van der Waals surface area contributed by atoms with E-state index in [9.17, 15) is 28.8 Å². The molecule has 0 radical (unpaired) electrons. The normalized spacial score (nSPS) is 9.65. The first-order valence-electron chi connectivity index (χ1n) is 14.8. The van der Waals surface area contributed by atoms with Crippen LogP contribution in [-0.2, 0) is 9.59 Å². The van der Waals surface area contributed by atoms with Crippen molar-refractivity contribution in [3.05, 3.63) is 113 Å².